The maximum atomic E-state index is 8.46. The van der Waals surface area contributed by atoms with Crippen LogP contribution in [-0.2, 0) is 0 Å². The van der Waals surface area contributed by atoms with E-state index in [1.165, 1.54) is 0 Å². The number of hydrogen-bond donors (Lipinski definition) is 2. The predicted octanol–water partition coefficient (Wildman–Crippen LogP) is -0.281. The second kappa shape index (κ2) is 5.68. The van der Waals surface area contributed by atoms with Crippen LogP contribution < -0.4 is 0 Å². The molecular formula is C5H15N2O2+. The molecule has 4 nitrogen and oxygen atoms in total. The number of hydrogen-bond acceptors (Lipinski definition) is 3. The van der Waals surface area contributed by atoms with Crippen LogP contribution in [-0.4, -0.2) is 49.6 Å². The molecule has 0 aliphatic carbocycles. The first-order valence-electron chi connectivity index (χ1n) is 2.49. The highest BCUT2D eigenvalue weighted by Gasteiger charge is 1.92. The van der Waals surface area contributed by atoms with Gasteiger partial charge in [-0.3, -0.25) is 4.99 Å². The first kappa shape index (κ1) is 11.4. The van der Waals surface area contributed by atoms with E-state index in [0.29, 0.717) is 0 Å². The van der Waals surface area contributed by atoms with Crippen molar-refractivity contribution in [3.05, 3.63) is 0 Å². The highest BCUT2D eigenvalue weighted by atomic mass is 16.5. The van der Waals surface area contributed by atoms with Crippen LogP contribution in [0.1, 0.15) is 0 Å². The number of aliphatic hydroxyl groups is 1. The zero-order chi connectivity index (χ0) is 7.91. The monoisotopic (exact) mass is 135 g/mol. The molecule has 0 saturated carbocycles. The molecule has 0 heterocycles. The highest BCUT2D eigenvalue weighted by Crippen LogP contribution is 1.72. The molecule has 0 rings (SSSR count). The van der Waals surface area contributed by atoms with E-state index in [2.05, 4.69) is 11.7 Å². The van der Waals surface area contributed by atoms with Crippen LogP contribution >= 0.6 is 0 Å². The molecule has 0 aromatic heterocycles. The Labute approximate surface area is 55.6 Å². The largest absolute Gasteiger partial charge is 0.375 e. The molecule has 0 radical (unpaired) electrons. The van der Waals surface area contributed by atoms with Crippen LogP contribution in [0.15, 0.2) is 4.99 Å². The fraction of sp³-hybridized carbons (Fsp3) is 0.800. The molecule has 9 heavy (non-hydrogen) atoms. The normalized spacial score (nSPS) is 9.44. The first-order valence-corrected chi connectivity index (χ1v) is 2.49. The van der Waals surface area contributed by atoms with Gasteiger partial charge in [0.2, 0.25) is 0 Å². The molecule has 56 valence electrons. The minimum absolute atomic E-state index is 0. The van der Waals surface area contributed by atoms with Gasteiger partial charge in [0, 0.05) is 0 Å². The van der Waals surface area contributed by atoms with E-state index in [9.17, 15) is 0 Å². The van der Waals surface area contributed by atoms with Gasteiger partial charge in [-0.1, -0.05) is 0 Å². The first-order chi connectivity index (χ1) is 3.91. The van der Waals surface area contributed by atoms with Crippen LogP contribution in [0.25, 0.3) is 0 Å². The summed E-state index contributed by atoms with van der Waals surface area (Å²) in [6, 6.07) is 0. The minimum Gasteiger partial charge on any atom is -0.375 e. The third kappa shape index (κ3) is 769. The predicted molar refractivity (Wildman–Crippen MR) is 36.5 cm³/mol. The fourth-order valence-corrected chi connectivity index (χ4v) is 0. The van der Waals surface area contributed by atoms with Gasteiger partial charge >= 0.3 is 0 Å². The fourth-order valence-electron chi connectivity index (χ4n) is 0. The summed E-state index contributed by atoms with van der Waals surface area (Å²) in [6.45, 7) is 2.81. The maximum absolute atomic E-state index is 8.46. The average molecular weight is 135 g/mol. The average Bonchev–Trinajstić information content (AvgIpc) is 1.61. The molecule has 0 aromatic rings. The topological polar surface area (TPSA) is 52.8 Å². The zero-order valence-corrected chi connectivity index (χ0v) is 6.20. The van der Waals surface area contributed by atoms with E-state index in [-0.39, 0.29) is 11.4 Å². The van der Waals surface area contributed by atoms with Gasteiger partial charge in [-0.05, 0) is 6.72 Å². The summed E-state index contributed by atoms with van der Waals surface area (Å²) in [6.07, 6.45) is 0. The molecule has 0 amide bonds. The summed E-state index contributed by atoms with van der Waals surface area (Å²) >= 11 is 0. The number of aliphatic hydroxyl groups excluding tert-OH is 1. The summed E-state index contributed by atoms with van der Waals surface area (Å²) in [5.74, 6) is 0. The van der Waals surface area contributed by atoms with E-state index in [1.54, 1.807) is 21.1 Å². The summed E-state index contributed by atoms with van der Waals surface area (Å²) in [7, 11) is 5.04. The van der Waals surface area contributed by atoms with Crippen LogP contribution in [0.3, 0.4) is 0 Å². The summed E-state index contributed by atoms with van der Waals surface area (Å²) in [5.41, 5.74) is 0. The molecule has 0 aliphatic rings. The Morgan fingerprint density at radius 2 is 1.56 bits per heavy atom. The van der Waals surface area contributed by atoms with Gasteiger partial charge in [-0.15, -0.1) is 0 Å². The van der Waals surface area contributed by atoms with E-state index >= 15 is 0 Å². The van der Waals surface area contributed by atoms with Crippen molar-refractivity contribution in [1.29, 1.82) is 0 Å². The smallest absolute Gasteiger partial charge is 0.133 e. The number of quaternary nitrogens is 1. The van der Waals surface area contributed by atoms with Crippen LogP contribution in [0.2, 0.25) is 0 Å². The number of rotatable bonds is 1. The summed E-state index contributed by atoms with van der Waals surface area (Å²) in [5, 5.41) is 16.1. The molecule has 4 heteroatoms. The van der Waals surface area contributed by atoms with Crippen LogP contribution in [0.4, 0.5) is 0 Å². The number of hydroxylamine groups is 3. The molecule has 0 unspecified atom stereocenters. The zero-order valence-electron chi connectivity index (χ0n) is 6.20. The van der Waals surface area contributed by atoms with Crippen molar-refractivity contribution < 1.29 is 15.0 Å². The third-order valence-electron chi connectivity index (χ3n) is 0.1000. The highest BCUT2D eigenvalue weighted by molar-refractivity contribution is 5.22. The van der Waals surface area contributed by atoms with Crippen LogP contribution in [0.5, 0.6) is 0 Å². The number of aliphatic imine (C=N–C) groups is 1. The quantitative estimate of drug-likeness (QED) is 0.295. The molecule has 0 aromatic carbocycles. The Balaban J connectivity index is 0. The summed E-state index contributed by atoms with van der Waals surface area (Å²) < 4.78 is 0. The number of nitrogens with zero attached hydrogens (tertiary/aromatic N) is 2. The lowest BCUT2D eigenvalue weighted by Gasteiger charge is -2.09. The van der Waals surface area contributed by atoms with Crippen molar-refractivity contribution in [2.24, 2.45) is 4.99 Å². The van der Waals surface area contributed by atoms with E-state index < -0.39 is 0 Å². The molecule has 0 aliphatic heterocycles. The maximum Gasteiger partial charge on any atom is 0.133 e. The molecule has 0 atom stereocenters. The van der Waals surface area contributed by atoms with Gasteiger partial charge in [-0.25, -0.2) is 5.21 Å². The SMILES string of the molecule is C=NCO.C[N+](C)(C)O. The standard InChI is InChI=1S/C3H10NO.C2H5NO/c1-4(2,3)5;1-3-2-4/h5H,1-3H3;4H,1-2H2/q+1;. The van der Waals surface area contributed by atoms with E-state index in [4.69, 9.17) is 10.3 Å². The molecule has 0 spiro atoms. The lowest BCUT2D eigenvalue weighted by Crippen LogP contribution is -2.28. The van der Waals surface area contributed by atoms with Crippen molar-refractivity contribution in [3.8, 4) is 0 Å². The second-order valence-corrected chi connectivity index (χ2v) is 2.31. The third-order valence-corrected chi connectivity index (χ3v) is 0.1000. The van der Waals surface area contributed by atoms with E-state index in [1.807, 2.05) is 0 Å². The van der Waals surface area contributed by atoms with Gasteiger partial charge in [0.15, 0.2) is 0 Å². The Kier molecular flexibility index (Phi) is 7.17. The Morgan fingerprint density at radius 1 is 1.44 bits per heavy atom. The van der Waals surface area contributed by atoms with Crippen molar-refractivity contribution in [2.45, 2.75) is 0 Å². The van der Waals surface area contributed by atoms with Crippen molar-refractivity contribution >= 4 is 6.72 Å². The van der Waals surface area contributed by atoms with Crippen molar-refractivity contribution in [3.63, 3.8) is 0 Å². The summed E-state index contributed by atoms with van der Waals surface area (Å²) in [4.78, 5) is 3.04. The molecule has 0 saturated heterocycles. The second-order valence-electron chi connectivity index (χ2n) is 2.31. The van der Waals surface area contributed by atoms with Gasteiger partial charge in [0.1, 0.15) is 6.73 Å². The Bertz CT molecular complexity index is 61.8. The lowest BCUT2D eigenvalue weighted by atomic mass is 11.0. The minimum atomic E-state index is -0.167. The molecule has 2 N–H and O–H groups in total. The van der Waals surface area contributed by atoms with Gasteiger partial charge < -0.3 is 5.11 Å². The Hall–Kier alpha value is -0.450. The van der Waals surface area contributed by atoms with Crippen LogP contribution in [0, 0.1) is 0 Å². The van der Waals surface area contributed by atoms with Gasteiger partial charge in [0.25, 0.3) is 0 Å². The van der Waals surface area contributed by atoms with Crippen molar-refractivity contribution in [2.75, 3.05) is 27.9 Å². The Morgan fingerprint density at radius 3 is 1.56 bits per heavy atom. The molecule has 0 bridgehead atoms. The van der Waals surface area contributed by atoms with E-state index in [0.717, 1.165) is 0 Å². The van der Waals surface area contributed by atoms with Gasteiger partial charge in [-0.2, -0.15) is 4.65 Å². The van der Waals surface area contributed by atoms with Gasteiger partial charge in [0.05, 0.1) is 21.1 Å². The molecule has 0 fully saturated rings. The van der Waals surface area contributed by atoms with Crippen molar-refractivity contribution in [1.82, 2.24) is 0 Å². The molecular weight excluding hydrogens is 120 g/mol. The lowest BCUT2D eigenvalue weighted by molar-refractivity contribution is -1.06.